The van der Waals surface area contributed by atoms with E-state index in [-0.39, 0.29) is 30.2 Å². The average molecular weight is 356 g/mol. The number of Topliss-reactive ketones (excluding diaryl/α,β-unsaturated/α-hetero) is 1. The first-order valence-electron chi connectivity index (χ1n) is 8.22. The van der Waals surface area contributed by atoms with E-state index in [0.29, 0.717) is 29.2 Å². The molecule has 7 nitrogen and oxygen atoms in total. The number of rotatable bonds is 8. The van der Waals surface area contributed by atoms with Crippen molar-refractivity contribution in [3.05, 3.63) is 63.7 Å². The first-order chi connectivity index (χ1) is 12.4. The number of ether oxygens (including phenoxy) is 1. The van der Waals surface area contributed by atoms with Crippen LogP contribution in [0.1, 0.15) is 35.7 Å². The Morgan fingerprint density at radius 3 is 2.42 bits per heavy atom. The van der Waals surface area contributed by atoms with Crippen molar-refractivity contribution in [1.82, 2.24) is 0 Å². The third-order valence-corrected chi connectivity index (χ3v) is 3.84. The van der Waals surface area contributed by atoms with E-state index in [1.54, 1.807) is 37.3 Å². The molecule has 2 aromatic carbocycles. The number of amides is 1. The van der Waals surface area contributed by atoms with Crippen molar-refractivity contribution in [2.24, 2.45) is 0 Å². The topological polar surface area (TPSA) is 98.5 Å². The number of nitrogens with one attached hydrogen (secondary N) is 1. The number of hydrogen-bond donors (Lipinski definition) is 1. The van der Waals surface area contributed by atoms with Crippen LogP contribution in [0.2, 0.25) is 0 Å². The molecule has 2 rings (SSSR count). The highest BCUT2D eigenvalue weighted by Gasteiger charge is 2.15. The molecule has 0 saturated heterocycles. The van der Waals surface area contributed by atoms with E-state index in [2.05, 4.69) is 5.32 Å². The molecule has 0 bridgehead atoms. The fourth-order valence-corrected chi connectivity index (χ4v) is 2.44. The molecule has 0 unspecified atom stereocenters. The molecule has 0 aromatic heterocycles. The molecule has 0 aliphatic carbocycles. The number of benzene rings is 2. The predicted molar refractivity (Wildman–Crippen MR) is 97.6 cm³/mol. The van der Waals surface area contributed by atoms with Crippen LogP contribution in [0.25, 0.3) is 0 Å². The highest BCUT2D eigenvalue weighted by Crippen LogP contribution is 2.25. The van der Waals surface area contributed by atoms with Crippen LogP contribution in [0.15, 0.2) is 42.5 Å². The summed E-state index contributed by atoms with van der Waals surface area (Å²) in [6.45, 7) is 3.99. The van der Waals surface area contributed by atoms with Crippen molar-refractivity contribution in [3.63, 3.8) is 0 Å². The minimum atomic E-state index is -0.500. The fraction of sp³-hybridized carbons (Fsp3) is 0.263. The van der Waals surface area contributed by atoms with E-state index in [0.717, 1.165) is 0 Å². The zero-order valence-corrected chi connectivity index (χ0v) is 14.7. The van der Waals surface area contributed by atoms with Gasteiger partial charge < -0.3 is 10.1 Å². The number of hydrogen-bond acceptors (Lipinski definition) is 5. The van der Waals surface area contributed by atoms with Crippen molar-refractivity contribution < 1.29 is 19.2 Å². The summed E-state index contributed by atoms with van der Waals surface area (Å²) in [7, 11) is 0. The smallest absolute Gasteiger partial charge is 0.274 e. The van der Waals surface area contributed by atoms with Crippen molar-refractivity contribution >= 4 is 23.1 Å². The number of ketones is 1. The summed E-state index contributed by atoms with van der Waals surface area (Å²) in [4.78, 5) is 34.7. The highest BCUT2D eigenvalue weighted by atomic mass is 16.6. The van der Waals surface area contributed by atoms with Gasteiger partial charge >= 0.3 is 0 Å². The number of nitro groups is 1. The van der Waals surface area contributed by atoms with Gasteiger partial charge in [-0.2, -0.15) is 0 Å². The summed E-state index contributed by atoms with van der Waals surface area (Å²) in [5.74, 6) is 0.162. The molecule has 0 fully saturated rings. The van der Waals surface area contributed by atoms with Gasteiger partial charge in [-0.25, -0.2) is 0 Å². The molecule has 0 heterocycles. The third-order valence-electron chi connectivity index (χ3n) is 3.84. The Bertz CT molecular complexity index is 815. The van der Waals surface area contributed by atoms with Crippen LogP contribution in [0.3, 0.4) is 0 Å². The second kappa shape index (κ2) is 8.75. The number of carbonyl (C=O) groups is 2. The van der Waals surface area contributed by atoms with Gasteiger partial charge in [0.1, 0.15) is 5.75 Å². The van der Waals surface area contributed by atoms with Crippen LogP contribution < -0.4 is 10.1 Å². The summed E-state index contributed by atoms with van der Waals surface area (Å²) >= 11 is 0. The Kier molecular flexibility index (Phi) is 6.43. The number of carbonyl (C=O) groups excluding carboxylic acids is 2. The maximum absolute atomic E-state index is 12.2. The Labute approximate surface area is 151 Å². The van der Waals surface area contributed by atoms with Crippen LogP contribution in [0.4, 0.5) is 11.4 Å². The first kappa shape index (κ1) is 19.1. The molecule has 1 amide bonds. The largest absolute Gasteiger partial charge is 0.494 e. The Morgan fingerprint density at radius 2 is 1.81 bits per heavy atom. The van der Waals surface area contributed by atoms with E-state index in [1.807, 2.05) is 6.92 Å². The molecule has 0 saturated carbocycles. The van der Waals surface area contributed by atoms with Crippen LogP contribution in [0.5, 0.6) is 5.75 Å². The van der Waals surface area contributed by atoms with E-state index in [1.165, 1.54) is 12.1 Å². The van der Waals surface area contributed by atoms with Gasteiger partial charge in [0.2, 0.25) is 5.91 Å². The minimum Gasteiger partial charge on any atom is -0.494 e. The SMILES string of the molecule is CCOc1ccc(C(=O)CCC(=O)Nc2cccc([N+](=O)[O-])c2C)cc1. The normalized spacial score (nSPS) is 10.2. The summed E-state index contributed by atoms with van der Waals surface area (Å²) in [6.07, 6.45) is 0.0436. The van der Waals surface area contributed by atoms with Gasteiger partial charge in [0.05, 0.1) is 22.8 Å². The lowest BCUT2D eigenvalue weighted by Gasteiger charge is -2.08. The lowest BCUT2D eigenvalue weighted by atomic mass is 10.1. The molecule has 0 aliphatic rings. The maximum Gasteiger partial charge on any atom is 0.274 e. The Morgan fingerprint density at radius 1 is 1.12 bits per heavy atom. The molecule has 0 spiro atoms. The summed E-state index contributed by atoms with van der Waals surface area (Å²) in [5, 5.41) is 13.6. The lowest BCUT2D eigenvalue weighted by Crippen LogP contribution is -2.14. The monoisotopic (exact) mass is 356 g/mol. The molecule has 0 radical (unpaired) electrons. The number of nitro benzene ring substituents is 1. The van der Waals surface area contributed by atoms with E-state index < -0.39 is 4.92 Å². The Hall–Kier alpha value is -3.22. The summed E-state index contributed by atoms with van der Waals surface area (Å²) < 4.78 is 5.32. The maximum atomic E-state index is 12.2. The van der Waals surface area contributed by atoms with Crippen LogP contribution in [0, 0.1) is 17.0 Å². The number of nitrogens with zero attached hydrogens (tertiary/aromatic N) is 1. The van der Waals surface area contributed by atoms with Crippen molar-refractivity contribution in [3.8, 4) is 5.75 Å². The van der Waals surface area contributed by atoms with Crippen LogP contribution >= 0.6 is 0 Å². The van der Waals surface area contributed by atoms with Crippen molar-refractivity contribution in [2.75, 3.05) is 11.9 Å². The predicted octanol–water partition coefficient (Wildman–Crippen LogP) is 3.90. The van der Waals surface area contributed by atoms with E-state index in [9.17, 15) is 19.7 Å². The minimum absolute atomic E-state index is 0.00578. The molecule has 2 aromatic rings. The van der Waals surface area contributed by atoms with Gasteiger partial charge in [-0.1, -0.05) is 6.07 Å². The van der Waals surface area contributed by atoms with Crippen molar-refractivity contribution in [2.45, 2.75) is 26.7 Å². The number of anilines is 1. The molecule has 1 N–H and O–H groups in total. The van der Waals surface area contributed by atoms with Gasteiger partial charge in [-0.15, -0.1) is 0 Å². The summed E-state index contributed by atoms with van der Waals surface area (Å²) in [5.41, 5.74) is 1.20. The van der Waals surface area contributed by atoms with Crippen LogP contribution in [-0.4, -0.2) is 23.2 Å². The van der Waals surface area contributed by atoms with E-state index in [4.69, 9.17) is 4.74 Å². The molecule has 0 aliphatic heterocycles. The molecular weight excluding hydrogens is 336 g/mol. The second-order valence-corrected chi connectivity index (χ2v) is 5.64. The first-order valence-corrected chi connectivity index (χ1v) is 8.22. The third kappa shape index (κ3) is 4.89. The second-order valence-electron chi connectivity index (χ2n) is 5.64. The molecule has 26 heavy (non-hydrogen) atoms. The van der Waals surface area contributed by atoms with Gasteiger partial charge in [0, 0.05) is 24.5 Å². The van der Waals surface area contributed by atoms with E-state index >= 15 is 0 Å². The van der Waals surface area contributed by atoms with Gasteiger partial charge in [0.15, 0.2) is 5.78 Å². The van der Waals surface area contributed by atoms with Gasteiger partial charge in [-0.05, 0) is 44.2 Å². The lowest BCUT2D eigenvalue weighted by molar-refractivity contribution is -0.385. The molecule has 7 heteroatoms. The molecule has 0 atom stereocenters. The zero-order valence-electron chi connectivity index (χ0n) is 14.7. The summed E-state index contributed by atoms with van der Waals surface area (Å²) in [6, 6.07) is 11.2. The molecule has 136 valence electrons. The molecular formula is C19H20N2O5. The van der Waals surface area contributed by atoms with Crippen LogP contribution in [-0.2, 0) is 4.79 Å². The Balaban J connectivity index is 1.93. The zero-order chi connectivity index (χ0) is 19.1. The highest BCUT2D eigenvalue weighted by molar-refractivity contribution is 6.00. The standard InChI is InChI=1S/C19H20N2O5/c1-3-26-15-9-7-14(8-10-15)18(22)11-12-19(23)20-16-5-4-6-17(13(16)2)21(24)25/h4-10H,3,11-12H2,1-2H3,(H,20,23). The van der Waals surface area contributed by atoms with Gasteiger partial charge in [-0.3, -0.25) is 19.7 Å². The average Bonchev–Trinajstić information content (AvgIpc) is 2.62. The quantitative estimate of drug-likeness (QED) is 0.439. The fourth-order valence-electron chi connectivity index (χ4n) is 2.44. The van der Waals surface area contributed by atoms with Gasteiger partial charge in [0.25, 0.3) is 5.69 Å². The van der Waals surface area contributed by atoms with Crippen molar-refractivity contribution in [1.29, 1.82) is 0 Å².